The second kappa shape index (κ2) is 5.70. The van der Waals surface area contributed by atoms with Crippen molar-refractivity contribution in [2.24, 2.45) is 10.7 Å². The van der Waals surface area contributed by atoms with Crippen molar-refractivity contribution in [2.75, 3.05) is 0 Å². The maximum atomic E-state index is 5.77. The minimum absolute atomic E-state index is 0.0799. The monoisotopic (exact) mass is 226 g/mol. The number of nitrogens with one attached hydrogen (secondary N) is 1. The lowest BCUT2D eigenvalue weighted by Crippen LogP contribution is -2.37. The first-order valence-corrected chi connectivity index (χ1v) is 6.00. The summed E-state index contributed by atoms with van der Waals surface area (Å²) in [7, 11) is 0. The van der Waals surface area contributed by atoms with E-state index in [1.54, 1.807) is 17.5 Å². The van der Waals surface area contributed by atoms with Crippen LogP contribution >= 0.6 is 11.3 Å². The van der Waals surface area contributed by atoms with Crippen LogP contribution in [-0.4, -0.2) is 17.0 Å². The normalized spacial score (nSPS) is 14.3. The second-order valence-corrected chi connectivity index (χ2v) is 4.53. The van der Waals surface area contributed by atoms with Gasteiger partial charge >= 0.3 is 0 Å². The summed E-state index contributed by atoms with van der Waals surface area (Å²) >= 11 is 1.61. The number of aliphatic imine (C=N–C) groups is 1. The molecule has 0 aliphatic heterocycles. The molecule has 5 heteroatoms. The number of nitrogens with two attached hydrogens (primary N) is 1. The smallest absolute Gasteiger partial charge is 0.189 e. The third-order valence-corrected chi connectivity index (χ3v) is 2.73. The molecular weight excluding hydrogens is 208 g/mol. The van der Waals surface area contributed by atoms with Gasteiger partial charge in [0.2, 0.25) is 0 Å². The van der Waals surface area contributed by atoms with Gasteiger partial charge in [0, 0.05) is 17.6 Å². The number of hydrogen-bond donors (Lipinski definition) is 2. The van der Waals surface area contributed by atoms with Crippen LogP contribution in [0.4, 0.5) is 0 Å². The van der Waals surface area contributed by atoms with Crippen molar-refractivity contribution >= 4 is 17.3 Å². The fraction of sp³-hybridized carbons (Fsp3) is 0.600. The molecule has 84 valence electrons. The van der Waals surface area contributed by atoms with Gasteiger partial charge in [-0.2, -0.15) is 0 Å². The highest BCUT2D eigenvalue weighted by Gasteiger charge is 2.10. The lowest BCUT2D eigenvalue weighted by molar-refractivity contribution is 0.668. The van der Waals surface area contributed by atoms with Gasteiger partial charge in [0.15, 0.2) is 5.96 Å². The van der Waals surface area contributed by atoms with E-state index in [1.165, 1.54) is 0 Å². The summed E-state index contributed by atoms with van der Waals surface area (Å²) in [6.07, 6.45) is 2.71. The van der Waals surface area contributed by atoms with Gasteiger partial charge in [0.1, 0.15) is 11.0 Å². The van der Waals surface area contributed by atoms with Gasteiger partial charge in [0.25, 0.3) is 0 Å². The van der Waals surface area contributed by atoms with Crippen LogP contribution in [0.2, 0.25) is 0 Å². The van der Waals surface area contributed by atoms with E-state index >= 15 is 0 Å². The van der Waals surface area contributed by atoms with E-state index < -0.39 is 0 Å². The zero-order chi connectivity index (χ0) is 11.3. The first-order chi connectivity index (χ1) is 7.13. The van der Waals surface area contributed by atoms with Crippen molar-refractivity contribution in [1.29, 1.82) is 0 Å². The fourth-order valence-electron chi connectivity index (χ4n) is 1.22. The topological polar surface area (TPSA) is 63.3 Å². The molecule has 0 bridgehead atoms. The Hall–Kier alpha value is -1.10. The van der Waals surface area contributed by atoms with Crippen molar-refractivity contribution < 1.29 is 0 Å². The zero-order valence-electron chi connectivity index (χ0n) is 9.40. The molecule has 1 aromatic heterocycles. The van der Waals surface area contributed by atoms with Gasteiger partial charge in [-0.25, -0.2) is 9.98 Å². The molecule has 0 aliphatic carbocycles. The van der Waals surface area contributed by atoms with Crippen molar-refractivity contribution in [3.63, 3.8) is 0 Å². The van der Waals surface area contributed by atoms with E-state index in [2.05, 4.69) is 22.2 Å². The molecule has 0 fully saturated rings. The molecule has 0 saturated carbocycles. The average molecular weight is 226 g/mol. The summed E-state index contributed by atoms with van der Waals surface area (Å²) < 4.78 is 0. The number of aromatic nitrogens is 1. The molecule has 4 nitrogen and oxygen atoms in total. The molecule has 0 radical (unpaired) electrons. The summed E-state index contributed by atoms with van der Waals surface area (Å²) in [6, 6.07) is 0.388. The van der Waals surface area contributed by atoms with Gasteiger partial charge in [-0.3, -0.25) is 0 Å². The van der Waals surface area contributed by atoms with E-state index in [4.69, 9.17) is 5.73 Å². The molecule has 1 unspecified atom stereocenters. The predicted octanol–water partition coefficient (Wildman–Crippen LogP) is 1.91. The molecule has 1 rings (SSSR count). The molecule has 0 aromatic carbocycles. The number of nitrogens with zero attached hydrogens (tertiary/aromatic N) is 2. The van der Waals surface area contributed by atoms with Crippen molar-refractivity contribution in [3.05, 3.63) is 16.6 Å². The highest BCUT2D eigenvalue weighted by molar-refractivity contribution is 7.09. The number of rotatable bonds is 4. The van der Waals surface area contributed by atoms with Crippen LogP contribution < -0.4 is 11.1 Å². The Morgan fingerprint density at radius 1 is 1.67 bits per heavy atom. The first-order valence-electron chi connectivity index (χ1n) is 5.12. The Bertz CT molecular complexity index is 305. The third-order valence-electron chi connectivity index (χ3n) is 1.85. The molecule has 0 amide bonds. The van der Waals surface area contributed by atoms with Gasteiger partial charge in [0.05, 0.1) is 0 Å². The summed E-state index contributed by atoms with van der Waals surface area (Å²) in [5.41, 5.74) is 5.77. The third kappa shape index (κ3) is 3.87. The van der Waals surface area contributed by atoms with Crippen molar-refractivity contribution in [3.8, 4) is 0 Å². The van der Waals surface area contributed by atoms with E-state index in [0.29, 0.717) is 12.0 Å². The number of thiazole rings is 1. The fourth-order valence-corrected chi connectivity index (χ4v) is 1.98. The molecule has 1 heterocycles. The molecule has 0 aliphatic rings. The summed E-state index contributed by atoms with van der Waals surface area (Å²) in [5.74, 6) is 0.493. The Morgan fingerprint density at radius 2 is 2.40 bits per heavy atom. The highest BCUT2D eigenvalue weighted by Crippen LogP contribution is 2.22. The largest absolute Gasteiger partial charge is 0.370 e. The second-order valence-electron chi connectivity index (χ2n) is 3.61. The maximum Gasteiger partial charge on any atom is 0.189 e. The van der Waals surface area contributed by atoms with Crippen LogP contribution in [0.25, 0.3) is 0 Å². The van der Waals surface area contributed by atoms with Gasteiger partial charge < -0.3 is 11.1 Å². The Kier molecular flexibility index (Phi) is 4.55. The van der Waals surface area contributed by atoms with Crippen LogP contribution in [0.3, 0.4) is 0 Å². The SMILES string of the molecule is CCC(N=C(N)NC(C)C)c1nccs1. The van der Waals surface area contributed by atoms with Crippen LogP contribution in [0.1, 0.15) is 38.2 Å². The average Bonchev–Trinajstić information content (AvgIpc) is 2.65. The lowest BCUT2D eigenvalue weighted by Gasteiger charge is -2.12. The summed E-state index contributed by atoms with van der Waals surface area (Å²) in [5, 5.41) is 6.05. The van der Waals surface area contributed by atoms with E-state index in [-0.39, 0.29) is 6.04 Å². The Morgan fingerprint density at radius 3 is 2.87 bits per heavy atom. The molecule has 0 spiro atoms. The maximum absolute atomic E-state index is 5.77. The summed E-state index contributed by atoms with van der Waals surface area (Å²) in [4.78, 5) is 8.66. The van der Waals surface area contributed by atoms with E-state index in [1.807, 2.05) is 19.2 Å². The van der Waals surface area contributed by atoms with Gasteiger partial charge in [-0.1, -0.05) is 6.92 Å². The molecule has 15 heavy (non-hydrogen) atoms. The standard InChI is InChI=1S/C10H18N4S/c1-4-8(9-12-5-6-15-9)14-10(11)13-7(2)3/h5-8H,4H2,1-3H3,(H3,11,13,14). The van der Waals surface area contributed by atoms with Gasteiger partial charge in [-0.05, 0) is 20.3 Å². The van der Waals surface area contributed by atoms with E-state index in [9.17, 15) is 0 Å². The van der Waals surface area contributed by atoms with Crippen LogP contribution in [-0.2, 0) is 0 Å². The lowest BCUT2D eigenvalue weighted by atomic mass is 10.2. The first kappa shape index (κ1) is 12.0. The minimum atomic E-state index is 0.0799. The Balaban J connectivity index is 2.68. The van der Waals surface area contributed by atoms with Crippen LogP contribution in [0.15, 0.2) is 16.6 Å². The van der Waals surface area contributed by atoms with Crippen LogP contribution in [0, 0.1) is 0 Å². The molecule has 1 aromatic rings. The van der Waals surface area contributed by atoms with Gasteiger partial charge in [-0.15, -0.1) is 11.3 Å². The quantitative estimate of drug-likeness (QED) is 0.609. The molecule has 3 N–H and O–H groups in total. The summed E-state index contributed by atoms with van der Waals surface area (Å²) in [6.45, 7) is 6.15. The van der Waals surface area contributed by atoms with Crippen molar-refractivity contribution in [2.45, 2.75) is 39.3 Å². The van der Waals surface area contributed by atoms with Crippen molar-refractivity contribution in [1.82, 2.24) is 10.3 Å². The van der Waals surface area contributed by atoms with E-state index in [0.717, 1.165) is 11.4 Å². The molecule has 0 saturated heterocycles. The number of hydrogen-bond acceptors (Lipinski definition) is 3. The Labute approximate surface area is 94.6 Å². The number of guanidine groups is 1. The molecular formula is C10H18N4S. The molecule has 1 atom stereocenters. The zero-order valence-corrected chi connectivity index (χ0v) is 10.2. The highest BCUT2D eigenvalue weighted by atomic mass is 32.1. The van der Waals surface area contributed by atoms with Crippen LogP contribution in [0.5, 0.6) is 0 Å². The minimum Gasteiger partial charge on any atom is -0.370 e. The predicted molar refractivity (Wildman–Crippen MR) is 65.0 cm³/mol.